The highest BCUT2D eigenvalue weighted by Crippen LogP contribution is 2.00. The van der Waals surface area contributed by atoms with Gasteiger partial charge in [-0.25, -0.2) is 0 Å². The van der Waals surface area contributed by atoms with Gasteiger partial charge in [-0.15, -0.1) is 11.6 Å². The molecule has 1 nitrogen and oxygen atoms in total. The maximum atomic E-state index is 10.9. The summed E-state index contributed by atoms with van der Waals surface area (Å²) in [6, 6.07) is 0. The Morgan fingerprint density at radius 2 is 2.18 bits per heavy atom. The smallest absolute Gasteiger partial charge is 0.159 e. The van der Waals surface area contributed by atoms with Crippen molar-refractivity contribution in [2.24, 2.45) is 0 Å². The van der Waals surface area contributed by atoms with Crippen LogP contribution in [0, 0.1) is 0 Å². The second-order valence-corrected chi connectivity index (χ2v) is 2.49. The predicted octanol–water partition coefficient (Wildman–Crippen LogP) is 2.71. The van der Waals surface area contributed by atoms with Crippen LogP contribution in [0.1, 0.15) is 20.3 Å². The van der Waals surface area contributed by atoms with Gasteiger partial charge in [0, 0.05) is 11.5 Å². The highest BCUT2D eigenvalue weighted by molar-refractivity contribution is 6.19. The van der Waals surface area contributed by atoms with Crippen molar-refractivity contribution in [3.63, 3.8) is 0 Å². The van der Waals surface area contributed by atoms with Crippen LogP contribution in [-0.4, -0.2) is 11.7 Å². The molecule has 0 fully saturated rings. The van der Waals surface area contributed by atoms with Gasteiger partial charge in [0.25, 0.3) is 0 Å². The fourth-order valence-electron chi connectivity index (χ4n) is 0.721. The summed E-state index contributed by atoms with van der Waals surface area (Å²) in [5.74, 6) is 0.544. The number of Topliss-reactive ketones (excluding diaryl/α,β-unsaturated/α-hetero) is 1. The van der Waals surface area contributed by atoms with E-state index in [1.165, 1.54) is 0 Å². The lowest BCUT2D eigenvalue weighted by atomic mass is 10.1. The van der Waals surface area contributed by atoms with E-state index in [9.17, 15) is 4.79 Å². The standard InChI is InChI=1S/C9H13ClO/c1-3-5-9(8(2)11)6-4-7-10/h4-6H,3,7H2,1-2H3/b6-4-,9-5+. The molecule has 0 heterocycles. The number of ketones is 1. The Hall–Kier alpha value is -0.560. The minimum atomic E-state index is 0.0909. The van der Waals surface area contributed by atoms with Crippen molar-refractivity contribution in [1.82, 2.24) is 0 Å². The zero-order valence-corrected chi connectivity index (χ0v) is 7.69. The summed E-state index contributed by atoms with van der Waals surface area (Å²) in [5, 5.41) is 0. The quantitative estimate of drug-likeness (QED) is 0.362. The van der Waals surface area contributed by atoms with Gasteiger partial charge >= 0.3 is 0 Å². The van der Waals surface area contributed by atoms with E-state index in [2.05, 4.69) is 0 Å². The summed E-state index contributed by atoms with van der Waals surface area (Å²) in [7, 11) is 0. The summed E-state index contributed by atoms with van der Waals surface area (Å²) in [4.78, 5) is 10.9. The number of rotatable bonds is 4. The third kappa shape index (κ3) is 4.79. The molecule has 0 amide bonds. The molecule has 0 unspecified atom stereocenters. The molecule has 0 aliphatic carbocycles. The van der Waals surface area contributed by atoms with Crippen LogP contribution in [0.4, 0.5) is 0 Å². The molecule has 0 rings (SSSR count). The number of carbonyl (C=O) groups excluding carboxylic acids is 1. The van der Waals surface area contributed by atoms with Gasteiger partial charge < -0.3 is 0 Å². The lowest BCUT2D eigenvalue weighted by Crippen LogP contribution is -1.92. The van der Waals surface area contributed by atoms with Gasteiger partial charge in [0.15, 0.2) is 5.78 Å². The molecule has 11 heavy (non-hydrogen) atoms. The van der Waals surface area contributed by atoms with Gasteiger partial charge in [0.05, 0.1) is 0 Å². The highest BCUT2D eigenvalue weighted by atomic mass is 35.5. The van der Waals surface area contributed by atoms with Gasteiger partial charge in [-0.05, 0) is 13.3 Å². The first-order chi connectivity index (χ1) is 5.22. The Morgan fingerprint density at radius 3 is 2.55 bits per heavy atom. The lowest BCUT2D eigenvalue weighted by molar-refractivity contribution is -0.113. The Kier molecular flexibility index (Phi) is 5.86. The van der Waals surface area contributed by atoms with Crippen LogP contribution in [0.25, 0.3) is 0 Å². The van der Waals surface area contributed by atoms with E-state index in [1.54, 1.807) is 19.1 Å². The number of carbonyl (C=O) groups is 1. The van der Waals surface area contributed by atoms with E-state index in [1.807, 2.05) is 13.0 Å². The molecular weight excluding hydrogens is 160 g/mol. The first-order valence-corrected chi connectivity index (χ1v) is 4.19. The molecule has 0 aromatic carbocycles. The third-order valence-electron chi connectivity index (χ3n) is 1.22. The zero-order chi connectivity index (χ0) is 8.69. The van der Waals surface area contributed by atoms with Gasteiger partial charge in [-0.1, -0.05) is 25.2 Å². The van der Waals surface area contributed by atoms with Crippen molar-refractivity contribution in [2.45, 2.75) is 20.3 Å². The SMILES string of the molecule is CC/C=C(\C=C/CCl)C(C)=O. The van der Waals surface area contributed by atoms with E-state index in [0.29, 0.717) is 5.88 Å². The second-order valence-electron chi connectivity index (χ2n) is 2.18. The van der Waals surface area contributed by atoms with Gasteiger partial charge in [-0.3, -0.25) is 4.79 Å². The summed E-state index contributed by atoms with van der Waals surface area (Å²) >= 11 is 5.43. The predicted molar refractivity (Wildman–Crippen MR) is 48.9 cm³/mol. The summed E-state index contributed by atoms with van der Waals surface area (Å²) in [5.41, 5.74) is 0.744. The summed E-state index contributed by atoms with van der Waals surface area (Å²) in [6.07, 6.45) is 6.30. The number of alkyl halides is 1. The van der Waals surface area contributed by atoms with Crippen molar-refractivity contribution >= 4 is 17.4 Å². The number of allylic oxidation sites excluding steroid dienone is 4. The van der Waals surface area contributed by atoms with E-state index in [-0.39, 0.29) is 5.78 Å². The first kappa shape index (κ1) is 10.4. The van der Waals surface area contributed by atoms with Crippen LogP contribution < -0.4 is 0 Å². The normalized spacial score (nSPS) is 12.5. The number of hydrogen-bond acceptors (Lipinski definition) is 1. The topological polar surface area (TPSA) is 17.1 Å². The van der Waals surface area contributed by atoms with Gasteiger partial charge in [-0.2, -0.15) is 0 Å². The molecule has 0 spiro atoms. The molecule has 0 aliphatic rings. The number of hydrogen-bond donors (Lipinski definition) is 0. The third-order valence-corrected chi connectivity index (χ3v) is 1.40. The average Bonchev–Trinajstić information content (AvgIpc) is 1.97. The van der Waals surface area contributed by atoms with Crippen molar-refractivity contribution in [3.8, 4) is 0 Å². The van der Waals surface area contributed by atoms with Crippen LogP contribution in [0.15, 0.2) is 23.8 Å². The Balaban J connectivity index is 4.23. The van der Waals surface area contributed by atoms with Crippen molar-refractivity contribution in [2.75, 3.05) is 5.88 Å². The summed E-state index contributed by atoms with van der Waals surface area (Å²) < 4.78 is 0. The molecule has 0 aliphatic heterocycles. The maximum absolute atomic E-state index is 10.9. The van der Waals surface area contributed by atoms with Crippen molar-refractivity contribution < 1.29 is 4.79 Å². The van der Waals surface area contributed by atoms with Crippen LogP contribution in [0.2, 0.25) is 0 Å². The Labute approximate surface area is 72.7 Å². The van der Waals surface area contributed by atoms with Gasteiger partial charge in [0.2, 0.25) is 0 Å². The Bertz CT molecular complexity index is 180. The second kappa shape index (κ2) is 6.17. The van der Waals surface area contributed by atoms with Crippen molar-refractivity contribution in [3.05, 3.63) is 23.8 Å². The minimum Gasteiger partial charge on any atom is -0.295 e. The van der Waals surface area contributed by atoms with Crippen LogP contribution in [0.3, 0.4) is 0 Å². The molecule has 0 N–H and O–H groups in total. The molecule has 0 saturated carbocycles. The first-order valence-electron chi connectivity index (χ1n) is 3.66. The molecule has 0 aromatic heterocycles. The minimum absolute atomic E-state index is 0.0909. The molecule has 0 saturated heterocycles. The average molecular weight is 173 g/mol. The van der Waals surface area contributed by atoms with Crippen LogP contribution in [-0.2, 0) is 4.79 Å². The largest absolute Gasteiger partial charge is 0.295 e. The van der Waals surface area contributed by atoms with E-state index < -0.39 is 0 Å². The zero-order valence-electron chi connectivity index (χ0n) is 6.93. The molecule has 2 heteroatoms. The van der Waals surface area contributed by atoms with E-state index in [4.69, 9.17) is 11.6 Å². The highest BCUT2D eigenvalue weighted by Gasteiger charge is 1.95. The monoisotopic (exact) mass is 172 g/mol. The maximum Gasteiger partial charge on any atom is 0.159 e. The Morgan fingerprint density at radius 1 is 1.55 bits per heavy atom. The molecule has 0 bridgehead atoms. The van der Waals surface area contributed by atoms with Crippen LogP contribution >= 0.6 is 11.6 Å². The molecule has 0 aromatic rings. The van der Waals surface area contributed by atoms with E-state index in [0.717, 1.165) is 12.0 Å². The lowest BCUT2D eigenvalue weighted by Gasteiger charge is -1.93. The van der Waals surface area contributed by atoms with E-state index >= 15 is 0 Å². The number of halogens is 1. The fraction of sp³-hybridized carbons (Fsp3) is 0.444. The van der Waals surface area contributed by atoms with Crippen molar-refractivity contribution in [1.29, 1.82) is 0 Å². The summed E-state index contributed by atoms with van der Waals surface area (Å²) in [6.45, 7) is 3.55. The molecule has 0 atom stereocenters. The van der Waals surface area contributed by atoms with Crippen LogP contribution in [0.5, 0.6) is 0 Å². The molecule has 0 radical (unpaired) electrons. The molecular formula is C9H13ClO. The molecule has 62 valence electrons. The van der Waals surface area contributed by atoms with Gasteiger partial charge in [0.1, 0.15) is 0 Å². The fourth-order valence-corrected chi connectivity index (χ4v) is 0.810.